The highest BCUT2D eigenvalue weighted by molar-refractivity contribution is 9.10. The van der Waals surface area contributed by atoms with Gasteiger partial charge >= 0.3 is 0 Å². The van der Waals surface area contributed by atoms with Crippen LogP contribution in [-0.2, 0) is 0 Å². The van der Waals surface area contributed by atoms with Gasteiger partial charge in [-0.05, 0) is 30.9 Å². The Morgan fingerprint density at radius 2 is 2.17 bits per heavy atom. The zero-order valence-corrected chi connectivity index (χ0v) is 12.9. The molecular weight excluding hydrogens is 288 g/mol. The average molecular weight is 311 g/mol. The summed E-state index contributed by atoms with van der Waals surface area (Å²) < 4.78 is 1.21. The van der Waals surface area contributed by atoms with Gasteiger partial charge in [0.05, 0.1) is 0 Å². The van der Waals surface area contributed by atoms with Crippen LogP contribution in [0.15, 0.2) is 28.7 Å². The Balaban J connectivity index is 2.10. The number of nitrogens with two attached hydrogens (primary N) is 1. The third kappa shape index (κ3) is 2.95. The molecule has 0 amide bonds. The van der Waals surface area contributed by atoms with Gasteiger partial charge in [0.15, 0.2) is 0 Å². The van der Waals surface area contributed by atoms with Crippen molar-refractivity contribution in [2.45, 2.75) is 38.8 Å². The number of halogens is 1. The number of hydrogen-bond acceptors (Lipinski definition) is 2. The fraction of sp³-hybridized carbons (Fsp3) is 0.600. The van der Waals surface area contributed by atoms with E-state index in [2.05, 4.69) is 58.9 Å². The van der Waals surface area contributed by atoms with Crippen molar-refractivity contribution in [3.63, 3.8) is 0 Å². The first-order valence-corrected chi connectivity index (χ1v) is 7.66. The second kappa shape index (κ2) is 6.18. The second-order valence-corrected chi connectivity index (χ2v) is 6.17. The van der Waals surface area contributed by atoms with Gasteiger partial charge in [0.25, 0.3) is 0 Å². The first-order valence-electron chi connectivity index (χ1n) is 6.87. The van der Waals surface area contributed by atoms with Crippen LogP contribution >= 0.6 is 15.9 Å². The maximum Gasteiger partial charge on any atom is 0.0331 e. The molecule has 0 aliphatic carbocycles. The summed E-state index contributed by atoms with van der Waals surface area (Å²) in [5.74, 6) is 0.642. The molecule has 0 spiro atoms. The standard InChI is InChI=1S/C15H23BrN2/c1-3-12-10-18(9-8-15(12)17)11(2)13-6-4-5-7-14(13)16/h4-7,11-12,15H,3,8-10,17H2,1-2H3. The molecule has 0 radical (unpaired) electrons. The van der Waals surface area contributed by atoms with Gasteiger partial charge in [-0.3, -0.25) is 4.90 Å². The predicted molar refractivity (Wildman–Crippen MR) is 80.5 cm³/mol. The van der Waals surface area contributed by atoms with Crippen LogP contribution in [-0.4, -0.2) is 24.0 Å². The molecule has 100 valence electrons. The zero-order valence-electron chi connectivity index (χ0n) is 11.3. The van der Waals surface area contributed by atoms with Crippen LogP contribution in [0.3, 0.4) is 0 Å². The van der Waals surface area contributed by atoms with E-state index < -0.39 is 0 Å². The molecule has 1 fully saturated rings. The number of rotatable bonds is 3. The highest BCUT2D eigenvalue weighted by atomic mass is 79.9. The summed E-state index contributed by atoms with van der Waals surface area (Å²) in [6.45, 7) is 6.78. The Labute approximate surface area is 119 Å². The fourth-order valence-electron chi connectivity index (χ4n) is 2.87. The van der Waals surface area contributed by atoms with Gasteiger partial charge in [0.1, 0.15) is 0 Å². The molecular formula is C15H23BrN2. The van der Waals surface area contributed by atoms with Crippen LogP contribution in [0.1, 0.15) is 38.3 Å². The van der Waals surface area contributed by atoms with E-state index in [1.165, 1.54) is 16.5 Å². The van der Waals surface area contributed by atoms with Crippen LogP contribution in [0.25, 0.3) is 0 Å². The first-order chi connectivity index (χ1) is 8.63. The number of likely N-dealkylation sites (tertiary alicyclic amines) is 1. The third-order valence-electron chi connectivity index (χ3n) is 4.25. The van der Waals surface area contributed by atoms with Crippen molar-refractivity contribution in [2.75, 3.05) is 13.1 Å². The molecule has 2 nitrogen and oxygen atoms in total. The molecule has 1 saturated heterocycles. The molecule has 1 aromatic carbocycles. The summed E-state index contributed by atoms with van der Waals surface area (Å²) in [6, 6.07) is 9.37. The normalized spacial score (nSPS) is 27.1. The Bertz CT molecular complexity index is 394. The van der Waals surface area contributed by atoms with Crippen molar-refractivity contribution < 1.29 is 0 Å². The molecule has 3 unspecified atom stereocenters. The van der Waals surface area contributed by atoms with Gasteiger partial charge in [0.2, 0.25) is 0 Å². The summed E-state index contributed by atoms with van der Waals surface area (Å²) in [6.07, 6.45) is 2.30. The summed E-state index contributed by atoms with van der Waals surface area (Å²) in [5, 5.41) is 0. The Kier molecular flexibility index (Phi) is 4.82. The lowest BCUT2D eigenvalue weighted by Gasteiger charge is -2.40. The summed E-state index contributed by atoms with van der Waals surface area (Å²) >= 11 is 3.66. The molecule has 1 aliphatic heterocycles. The molecule has 0 aromatic heterocycles. The Hall–Kier alpha value is -0.380. The van der Waals surface area contributed by atoms with Gasteiger partial charge in [-0.1, -0.05) is 47.5 Å². The maximum atomic E-state index is 6.18. The van der Waals surface area contributed by atoms with Gasteiger partial charge in [-0.25, -0.2) is 0 Å². The van der Waals surface area contributed by atoms with Crippen LogP contribution in [0.4, 0.5) is 0 Å². The van der Waals surface area contributed by atoms with Gasteiger partial charge in [-0.2, -0.15) is 0 Å². The smallest absolute Gasteiger partial charge is 0.0331 e. The fourth-order valence-corrected chi connectivity index (χ4v) is 3.49. The van der Waals surface area contributed by atoms with E-state index >= 15 is 0 Å². The first kappa shape index (κ1) is 14.0. The Morgan fingerprint density at radius 3 is 2.83 bits per heavy atom. The minimum atomic E-state index is 0.387. The van der Waals surface area contributed by atoms with Crippen molar-refractivity contribution >= 4 is 15.9 Å². The highest BCUT2D eigenvalue weighted by Crippen LogP contribution is 2.31. The molecule has 1 aliphatic rings. The van der Waals surface area contributed by atoms with Crippen molar-refractivity contribution in [1.29, 1.82) is 0 Å². The number of nitrogens with zero attached hydrogens (tertiary/aromatic N) is 1. The van der Waals surface area contributed by atoms with Gasteiger partial charge in [-0.15, -0.1) is 0 Å². The summed E-state index contributed by atoms with van der Waals surface area (Å²) in [5.41, 5.74) is 7.56. The van der Waals surface area contributed by atoms with Gasteiger partial charge < -0.3 is 5.73 Å². The maximum absolute atomic E-state index is 6.18. The molecule has 0 saturated carbocycles. The van der Waals surface area contributed by atoms with Crippen molar-refractivity contribution in [3.8, 4) is 0 Å². The third-order valence-corrected chi connectivity index (χ3v) is 4.97. The largest absolute Gasteiger partial charge is 0.327 e. The van der Waals surface area contributed by atoms with E-state index in [-0.39, 0.29) is 0 Å². The van der Waals surface area contributed by atoms with Crippen LogP contribution in [0, 0.1) is 5.92 Å². The lowest BCUT2D eigenvalue weighted by Crippen LogP contribution is -2.47. The lowest BCUT2D eigenvalue weighted by atomic mass is 9.89. The molecule has 2 rings (SSSR count). The molecule has 18 heavy (non-hydrogen) atoms. The molecule has 1 heterocycles. The number of piperidine rings is 1. The predicted octanol–water partition coefficient (Wildman–Crippen LogP) is 3.57. The molecule has 2 N–H and O–H groups in total. The van der Waals surface area contributed by atoms with E-state index in [4.69, 9.17) is 5.73 Å². The van der Waals surface area contributed by atoms with Crippen LogP contribution in [0.2, 0.25) is 0 Å². The van der Waals surface area contributed by atoms with Crippen LogP contribution < -0.4 is 5.73 Å². The highest BCUT2D eigenvalue weighted by Gasteiger charge is 2.28. The van der Waals surface area contributed by atoms with Crippen LogP contribution in [0.5, 0.6) is 0 Å². The van der Waals surface area contributed by atoms with Gasteiger partial charge in [0, 0.05) is 29.6 Å². The number of benzene rings is 1. The number of hydrogen-bond donors (Lipinski definition) is 1. The minimum absolute atomic E-state index is 0.387. The molecule has 0 bridgehead atoms. The van der Waals surface area contributed by atoms with E-state index in [0.717, 1.165) is 19.5 Å². The molecule has 3 heteroatoms. The Morgan fingerprint density at radius 1 is 1.44 bits per heavy atom. The van der Waals surface area contributed by atoms with E-state index in [0.29, 0.717) is 18.0 Å². The summed E-state index contributed by atoms with van der Waals surface area (Å²) in [4.78, 5) is 2.57. The SMILES string of the molecule is CCC1CN(C(C)c2ccccc2Br)CCC1N. The molecule has 3 atom stereocenters. The van der Waals surface area contributed by atoms with E-state index in [1.54, 1.807) is 0 Å². The second-order valence-electron chi connectivity index (χ2n) is 5.31. The average Bonchev–Trinajstić information content (AvgIpc) is 2.39. The van der Waals surface area contributed by atoms with Crippen molar-refractivity contribution in [2.24, 2.45) is 11.7 Å². The van der Waals surface area contributed by atoms with Crippen molar-refractivity contribution in [1.82, 2.24) is 4.90 Å². The van der Waals surface area contributed by atoms with Crippen molar-refractivity contribution in [3.05, 3.63) is 34.3 Å². The zero-order chi connectivity index (χ0) is 13.1. The molecule has 1 aromatic rings. The van der Waals surface area contributed by atoms with E-state index in [9.17, 15) is 0 Å². The monoisotopic (exact) mass is 310 g/mol. The quantitative estimate of drug-likeness (QED) is 0.924. The van der Waals surface area contributed by atoms with E-state index in [1.807, 2.05) is 0 Å². The summed E-state index contributed by atoms with van der Waals surface area (Å²) in [7, 11) is 0. The minimum Gasteiger partial charge on any atom is -0.327 e. The topological polar surface area (TPSA) is 29.3 Å². The lowest BCUT2D eigenvalue weighted by molar-refractivity contribution is 0.114.